The lowest BCUT2D eigenvalue weighted by Crippen LogP contribution is -2.46. The van der Waals surface area contributed by atoms with Crippen molar-refractivity contribution >= 4 is 5.91 Å². The number of carbonyl (C=O) groups excluding carboxylic acids is 1. The predicted octanol–water partition coefficient (Wildman–Crippen LogP) is 1.39. The first kappa shape index (κ1) is 11.5. The molecule has 0 aliphatic carbocycles. The van der Waals surface area contributed by atoms with E-state index in [4.69, 9.17) is 0 Å². The fraction of sp³-hybridized carbons (Fsp3) is 0.909. The molecule has 0 radical (unpaired) electrons. The molecule has 1 aliphatic rings. The topological polar surface area (TPSA) is 32.3 Å². The summed E-state index contributed by atoms with van der Waals surface area (Å²) in [4.78, 5) is 13.0. The second kappa shape index (κ2) is 5.35. The molecule has 82 valence electrons. The molecule has 1 N–H and O–H groups in total. The van der Waals surface area contributed by atoms with Gasteiger partial charge in [0.2, 0.25) is 5.91 Å². The zero-order chi connectivity index (χ0) is 10.6. The smallest absolute Gasteiger partial charge is 0.219 e. The Morgan fingerprint density at radius 2 is 2.07 bits per heavy atom. The monoisotopic (exact) mass is 198 g/mol. The molecule has 1 aliphatic heterocycles. The van der Waals surface area contributed by atoms with Crippen LogP contribution < -0.4 is 5.32 Å². The average molecular weight is 198 g/mol. The van der Waals surface area contributed by atoms with E-state index in [9.17, 15) is 4.79 Å². The molecule has 1 amide bonds. The zero-order valence-electron chi connectivity index (χ0n) is 9.55. The number of nitrogens with one attached hydrogen (secondary N) is 1. The van der Waals surface area contributed by atoms with Gasteiger partial charge in [0.1, 0.15) is 0 Å². The maximum absolute atomic E-state index is 11.1. The summed E-state index contributed by atoms with van der Waals surface area (Å²) in [6.07, 6.45) is 3.38. The summed E-state index contributed by atoms with van der Waals surface area (Å²) in [5.41, 5.74) is 0. The molecule has 0 bridgehead atoms. The van der Waals surface area contributed by atoms with E-state index < -0.39 is 0 Å². The van der Waals surface area contributed by atoms with Gasteiger partial charge in [0.05, 0.1) is 0 Å². The van der Waals surface area contributed by atoms with E-state index in [1.807, 2.05) is 4.90 Å². The fourth-order valence-corrected chi connectivity index (χ4v) is 1.88. The molecule has 1 heterocycles. The van der Waals surface area contributed by atoms with Crippen molar-refractivity contribution in [1.82, 2.24) is 10.2 Å². The summed E-state index contributed by atoms with van der Waals surface area (Å²) in [5.74, 6) is 0.215. The third-order valence-electron chi connectivity index (χ3n) is 3.07. The molecule has 1 atom stereocenters. The highest BCUT2D eigenvalue weighted by Crippen LogP contribution is 2.11. The van der Waals surface area contributed by atoms with Crippen molar-refractivity contribution in [2.45, 2.75) is 52.1 Å². The van der Waals surface area contributed by atoms with E-state index in [2.05, 4.69) is 19.2 Å². The molecule has 0 spiro atoms. The molecule has 1 fully saturated rings. The van der Waals surface area contributed by atoms with Crippen molar-refractivity contribution in [3.05, 3.63) is 0 Å². The lowest BCUT2D eigenvalue weighted by molar-refractivity contribution is -0.129. The van der Waals surface area contributed by atoms with Crippen LogP contribution in [0.15, 0.2) is 0 Å². The molecular weight excluding hydrogens is 176 g/mol. The number of likely N-dealkylation sites (tertiary alicyclic amines) is 1. The van der Waals surface area contributed by atoms with Crippen molar-refractivity contribution in [2.24, 2.45) is 0 Å². The maximum atomic E-state index is 11.1. The highest BCUT2D eigenvalue weighted by Gasteiger charge is 2.20. The average Bonchev–Trinajstić information content (AvgIpc) is 2.18. The van der Waals surface area contributed by atoms with Gasteiger partial charge in [-0.25, -0.2) is 0 Å². The van der Waals surface area contributed by atoms with Crippen LogP contribution in [-0.4, -0.2) is 36.0 Å². The SMILES string of the molecule is CCC(C)NC1CCN(C(C)=O)CC1. The summed E-state index contributed by atoms with van der Waals surface area (Å²) in [6.45, 7) is 7.91. The van der Waals surface area contributed by atoms with Crippen LogP contribution in [0.25, 0.3) is 0 Å². The maximum Gasteiger partial charge on any atom is 0.219 e. The molecular formula is C11H22N2O. The highest BCUT2D eigenvalue weighted by atomic mass is 16.2. The lowest BCUT2D eigenvalue weighted by atomic mass is 10.0. The number of rotatable bonds is 3. The van der Waals surface area contributed by atoms with Gasteiger partial charge in [-0.1, -0.05) is 6.92 Å². The van der Waals surface area contributed by atoms with Gasteiger partial charge in [0, 0.05) is 32.1 Å². The number of hydrogen-bond donors (Lipinski definition) is 1. The fourth-order valence-electron chi connectivity index (χ4n) is 1.88. The number of carbonyl (C=O) groups is 1. The second-order valence-electron chi connectivity index (χ2n) is 4.26. The van der Waals surface area contributed by atoms with Gasteiger partial charge in [0.15, 0.2) is 0 Å². The van der Waals surface area contributed by atoms with Crippen molar-refractivity contribution in [1.29, 1.82) is 0 Å². The molecule has 0 aromatic rings. The third-order valence-corrected chi connectivity index (χ3v) is 3.07. The van der Waals surface area contributed by atoms with E-state index >= 15 is 0 Å². The van der Waals surface area contributed by atoms with Gasteiger partial charge in [-0.2, -0.15) is 0 Å². The van der Waals surface area contributed by atoms with Gasteiger partial charge in [-0.15, -0.1) is 0 Å². The van der Waals surface area contributed by atoms with Crippen LogP contribution in [0.5, 0.6) is 0 Å². The Hall–Kier alpha value is -0.570. The van der Waals surface area contributed by atoms with Crippen LogP contribution in [0.1, 0.15) is 40.0 Å². The summed E-state index contributed by atoms with van der Waals surface area (Å²) in [5, 5.41) is 3.59. The predicted molar refractivity (Wildman–Crippen MR) is 58.2 cm³/mol. The van der Waals surface area contributed by atoms with E-state index in [-0.39, 0.29) is 5.91 Å². The molecule has 0 aromatic heterocycles. The van der Waals surface area contributed by atoms with Crippen molar-refractivity contribution in [3.63, 3.8) is 0 Å². The van der Waals surface area contributed by atoms with Crippen molar-refractivity contribution in [3.8, 4) is 0 Å². The number of piperidine rings is 1. The minimum absolute atomic E-state index is 0.215. The molecule has 0 saturated carbocycles. The van der Waals surface area contributed by atoms with Crippen LogP contribution in [-0.2, 0) is 4.79 Å². The van der Waals surface area contributed by atoms with Gasteiger partial charge >= 0.3 is 0 Å². The Morgan fingerprint density at radius 3 is 2.50 bits per heavy atom. The Balaban J connectivity index is 2.25. The second-order valence-corrected chi connectivity index (χ2v) is 4.26. The van der Waals surface area contributed by atoms with E-state index in [0.29, 0.717) is 12.1 Å². The molecule has 14 heavy (non-hydrogen) atoms. The number of nitrogens with zero attached hydrogens (tertiary/aromatic N) is 1. The van der Waals surface area contributed by atoms with E-state index in [0.717, 1.165) is 25.9 Å². The first-order chi connectivity index (χ1) is 6.63. The van der Waals surface area contributed by atoms with Crippen LogP contribution >= 0.6 is 0 Å². The first-order valence-electron chi connectivity index (χ1n) is 5.65. The molecule has 0 aromatic carbocycles. The minimum atomic E-state index is 0.215. The lowest BCUT2D eigenvalue weighted by Gasteiger charge is -2.33. The van der Waals surface area contributed by atoms with Gasteiger partial charge in [-0.05, 0) is 26.2 Å². The molecule has 1 unspecified atom stereocenters. The van der Waals surface area contributed by atoms with Gasteiger partial charge < -0.3 is 10.2 Å². The summed E-state index contributed by atoms with van der Waals surface area (Å²) >= 11 is 0. The van der Waals surface area contributed by atoms with Crippen LogP contribution in [0.4, 0.5) is 0 Å². The van der Waals surface area contributed by atoms with E-state index in [1.54, 1.807) is 6.92 Å². The van der Waals surface area contributed by atoms with Crippen LogP contribution in [0, 0.1) is 0 Å². The zero-order valence-corrected chi connectivity index (χ0v) is 9.55. The molecule has 1 rings (SSSR count). The molecule has 3 heteroatoms. The summed E-state index contributed by atoms with van der Waals surface area (Å²) in [7, 11) is 0. The summed E-state index contributed by atoms with van der Waals surface area (Å²) < 4.78 is 0. The Morgan fingerprint density at radius 1 is 1.50 bits per heavy atom. The Bertz CT molecular complexity index is 186. The highest BCUT2D eigenvalue weighted by molar-refractivity contribution is 5.73. The first-order valence-corrected chi connectivity index (χ1v) is 5.65. The van der Waals surface area contributed by atoms with Gasteiger partial charge in [0.25, 0.3) is 0 Å². The van der Waals surface area contributed by atoms with Crippen LogP contribution in [0.2, 0.25) is 0 Å². The Kier molecular flexibility index (Phi) is 4.39. The van der Waals surface area contributed by atoms with Crippen LogP contribution in [0.3, 0.4) is 0 Å². The van der Waals surface area contributed by atoms with Crippen molar-refractivity contribution < 1.29 is 4.79 Å². The quantitative estimate of drug-likeness (QED) is 0.743. The van der Waals surface area contributed by atoms with E-state index in [1.165, 1.54) is 6.42 Å². The number of hydrogen-bond acceptors (Lipinski definition) is 2. The Labute approximate surface area is 86.9 Å². The minimum Gasteiger partial charge on any atom is -0.343 e. The van der Waals surface area contributed by atoms with Crippen molar-refractivity contribution in [2.75, 3.05) is 13.1 Å². The molecule has 3 nitrogen and oxygen atoms in total. The summed E-state index contributed by atoms with van der Waals surface area (Å²) in [6, 6.07) is 1.21. The van der Waals surface area contributed by atoms with Gasteiger partial charge in [-0.3, -0.25) is 4.79 Å². The number of amides is 1. The standard InChI is InChI=1S/C11H22N2O/c1-4-9(2)12-11-5-7-13(8-6-11)10(3)14/h9,11-12H,4-8H2,1-3H3. The largest absolute Gasteiger partial charge is 0.343 e. The molecule has 1 saturated heterocycles. The normalized spacial score (nSPS) is 20.9. The third kappa shape index (κ3) is 3.29.